The zero-order chi connectivity index (χ0) is 18.1. The normalized spacial score (nSPS) is 17.5. The SMILES string of the molecule is CCNC(=NCC(C)(C)SC)NC1CCN(Cc2ccccc2)CC1. The monoisotopic (exact) mass is 362 g/mol. The maximum absolute atomic E-state index is 4.80. The molecule has 140 valence electrons. The van der Waals surface area contributed by atoms with E-state index in [1.807, 2.05) is 11.8 Å². The molecule has 0 amide bonds. The fourth-order valence-electron chi connectivity index (χ4n) is 2.92. The highest BCUT2D eigenvalue weighted by atomic mass is 32.2. The molecule has 1 aromatic rings. The molecule has 0 aromatic heterocycles. The van der Waals surface area contributed by atoms with Gasteiger partial charge in [-0.3, -0.25) is 9.89 Å². The minimum Gasteiger partial charge on any atom is -0.357 e. The zero-order valence-electron chi connectivity index (χ0n) is 16.2. The van der Waals surface area contributed by atoms with Gasteiger partial charge in [-0.1, -0.05) is 30.3 Å². The third kappa shape index (κ3) is 7.28. The van der Waals surface area contributed by atoms with E-state index in [4.69, 9.17) is 4.99 Å². The van der Waals surface area contributed by atoms with Crippen molar-refractivity contribution in [1.82, 2.24) is 15.5 Å². The van der Waals surface area contributed by atoms with Gasteiger partial charge < -0.3 is 10.6 Å². The van der Waals surface area contributed by atoms with Crippen LogP contribution >= 0.6 is 11.8 Å². The van der Waals surface area contributed by atoms with Gasteiger partial charge in [-0.15, -0.1) is 0 Å². The number of piperidine rings is 1. The fraction of sp³-hybridized carbons (Fsp3) is 0.650. The summed E-state index contributed by atoms with van der Waals surface area (Å²) in [6.45, 7) is 11.7. The summed E-state index contributed by atoms with van der Waals surface area (Å²) in [5, 5.41) is 7.03. The van der Waals surface area contributed by atoms with Crippen LogP contribution in [-0.2, 0) is 6.54 Å². The Bertz CT molecular complexity index is 522. The summed E-state index contributed by atoms with van der Waals surface area (Å²) in [5.41, 5.74) is 1.41. The number of nitrogens with zero attached hydrogens (tertiary/aromatic N) is 2. The molecule has 1 aliphatic rings. The average molecular weight is 363 g/mol. The van der Waals surface area contributed by atoms with E-state index in [-0.39, 0.29) is 4.75 Å². The van der Waals surface area contributed by atoms with Crippen LogP contribution in [0.2, 0.25) is 0 Å². The minimum atomic E-state index is 0.182. The standard InChI is InChI=1S/C20H34N4S/c1-5-21-19(22-16-20(2,3)25-4)23-18-11-13-24(14-12-18)15-17-9-7-6-8-10-17/h6-10,18H,5,11-16H2,1-4H3,(H2,21,22,23). The minimum absolute atomic E-state index is 0.182. The van der Waals surface area contributed by atoms with Crippen LogP contribution in [0, 0.1) is 0 Å². The predicted octanol–water partition coefficient (Wildman–Crippen LogP) is 3.35. The lowest BCUT2D eigenvalue weighted by atomic mass is 10.0. The number of hydrogen-bond donors (Lipinski definition) is 2. The van der Waals surface area contributed by atoms with E-state index in [9.17, 15) is 0 Å². The molecule has 1 aliphatic heterocycles. The number of hydrogen-bond acceptors (Lipinski definition) is 3. The Hall–Kier alpha value is -1.20. The molecular formula is C20H34N4S. The second kappa shape index (κ2) is 10.1. The number of nitrogens with one attached hydrogen (secondary N) is 2. The van der Waals surface area contributed by atoms with Gasteiger partial charge in [0.15, 0.2) is 5.96 Å². The highest BCUT2D eigenvalue weighted by Crippen LogP contribution is 2.21. The van der Waals surface area contributed by atoms with Gasteiger partial charge in [0.05, 0.1) is 6.54 Å². The maximum Gasteiger partial charge on any atom is 0.191 e. The molecule has 2 N–H and O–H groups in total. The fourth-order valence-corrected chi connectivity index (χ4v) is 3.12. The van der Waals surface area contributed by atoms with Gasteiger partial charge in [-0.05, 0) is 45.4 Å². The van der Waals surface area contributed by atoms with Crippen LogP contribution in [0.15, 0.2) is 35.3 Å². The average Bonchev–Trinajstić information content (AvgIpc) is 2.62. The van der Waals surface area contributed by atoms with Gasteiger partial charge in [0.1, 0.15) is 0 Å². The van der Waals surface area contributed by atoms with Crippen LogP contribution in [0.25, 0.3) is 0 Å². The molecule has 1 saturated heterocycles. The number of aliphatic imine (C=N–C) groups is 1. The van der Waals surface area contributed by atoms with Gasteiger partial charge >= 0.3 is 0 Å². The van der Waals surface area contributed by atoms with Crippen molar-refractivity contribution in [2.24, 2.45) is 4.99 Å². The number of benzene rings is 1. The van der Waals surface area contributed by atoms with Crippen molar-refractivity contribution in [3.63, 3.8) is 0 Å². The van der Waals surface area contributed by atoms with Gasteiger partial charge in [0.25, 0.3) is 0 Å². The molecular weight excluding hydrogens is 328 g/mol. The molecule has 4 nitrogen and oxygen atoms in total. The first-order valence-electron chi connectivity index (χ1n) is 9.38. The maximum atomic E-state index is 4.80. The van der Waals surface area contributed by atoms with Crippen molar-refractivity contribution in [3.05, 3.63) is 35.9 Å². The van der Waals surface area contributed by atoms with Gasteiger partial charge in [0.2, 0.25) is 0 Å². The number of thioether (sulfide) groups is 1. The van der Waals surface area contributed by atoms with Crippen molar-refractivity contribution in [2.75, 3.05) is 32.4 Å². The summed E-state index contributed by atoms with van der Waals surface area (Å²) in [6, 6.07) is 11.3. The molecule has 1 fully saturated rings. The molecule has 0 unspecified atom stereocenters. The van der Waals surface area contributed by atoms with Crippen LogP contribution in [0.1, 0.15) is 39.2 Å². The largest absolute Gasteiger partial charge is 0.357 e. The molecule has 0 bridgehead atoms. The lowest BCUT2D eigenvalue weighted by Crippen LogP contribution is -2.48. The van der Waals surface area contributed by atoms with Crippen LogP contribution in [0.3, 0.4) is 0 Å². The van der Waals surface area contributed by atoms with E-state index >= 15 is 0 Å². The molecule has 1 aromatic carbocycles. The highest BCUT2D eigenvalue weighted by molar-refractivity contribution is 7.99. The summed E-state index contributed by atoms with van der Waals surface area (Å²) in [5.74, 6) is 0.964. The van der Waals surface area contributed by atoms with Gasteiger partial charge in [0, 0.05) is 37.0 Å². The van der Waals surface area contributed by atoms with E-state index in [0.717, 1.165) is 38.7 Å². The lowest BCUT2D eigenvalue weighted by Gasteiger charge is -2.33. The van der Waals surface area contributed by atoms with Gasteiger partial charge in [-0.2, -0.15) is 11.8 Å². The molecule has 0 aliphatic carbocycles. The Kier molecular flexibility index (Phi) is 8.10. The van der Waals surface area contributed by atoms with E-state index < -0.39 is 0 Å². The predicted molar refractivity (Wildman–Crippen MR) is 111 cm³/mol. The van der Waals surface area contributed by atoms with Gasteiger partial charge in [-0.25, -0.2) is 0 Å². The summed E-state index contributed by atoms with van der Waals surface area (Å²) >= 11 is 1.87. The first kappa shape index (κ1) is 20.1. The quantitative estimate of drug-likeness (QED) is 0.576. The van der Waals surface area contributed by atoms with Crippen molar-refractivity contribution in [2.45, 2.75) is 50.9 Å². The van der Waals surface area contributed by atoms with E-state index in [1.54, 1.807) is 0 Å². The Labute approximate surface area is 157 Å². The van der Waals surface area contributed by atoms with E-state index in [1.165, 1.54) is 18.4 Å². The third-order valence-corrected chi connectivity index (χ3v) is 5.93. The molecule has 2 rings (SSSR count). The Morgan fingerprint density at radius 2 is 1.92 bits per heavy atom. The first-order chi connectivity index (χ1) is 12.0. The smallest absolute Gasteiger partial charge is 0.191 e. The molecule has 0 radical (unpaired) electrons. The first-order valence-corrected chi connectivity index (χ1v) is 10.6. The van der Waals surface area contributed by atoms with Crippen molar-refractivity contribution >= 4 is 17.7 Å². The number of guanidine groups is 1. The zero-order valence-corrected chi connectivity index (χ0v) is 17.0. The summed E-state index contributed by atoms with van der Waals surface area (Å²) in [4.78, 5) is 7.35. The van der Waals surface area contributed by atoms with Crippen LogP contribution in [0.4, 0.5) is 0 Å². The topological polar surface area (TPSA) is 39.7 Å². The Balaban J connectivity index is 1.81. The highest BCUT2D eigenvalue weighted by Gasteiger charge is 2.21. The van der Waals surface area contributed by atoms with E-state index in [2.05, 4.69) is 72.9 Å². The summed E-state index contributed by atoms with van der Waals surface area (Å²) in [6.07, 6.45) is 4.49. The third-order valence-electron chi connectivity index (χ3n) is 4.69. The second-order valence-corrected chi connectivity index (χ2v) is 8.85. The number of likely N-dealkylation sites (tertiary alicyclic amines) is 1. The Morgan fingerprint density at radius 1 is 1.24 bits per heavy atom. The molecule has 25 heavy (non-hydrogen) atoms. The second-order valence-electron chi connectivity index (χ2n) is 7.34. The Morgan fingerprint density at radius 3 is 2.52 bits per heavy atom. The van der Waals surface area contributed by atoms with E-state index in [0.29, 0.717) is 6.04 Å². The summed E-state index contributed by atoms with van der Waals surface area (Å²) in [7, 11) is 0. The molecule has 1 heterocycles. The van der Waals surface area contributed by atoms with Crippen molar-refractivity contribution in [1.29, 1.82) is 0 Å². The summed E-state index contributed by atoms with van der Waals surface area (Å²) < 4.78 is 0.182. The molecule has 0 spiro atoms. The van der Waals surface area contributed by atoms with Crippen molar-refractivity contribution in [3.8, 4) is 0 Å². The van der Waals surface area contributed by atoms with Crippen molar-refractivity contribution < 1.29 is 0 Å². The lowest BCUT2D eigenvalue weighted by molar-refractivity contribution is 0.198. The molecule has 5 heteroatoms. The molecule has 0 atom stereocenters. The molecule has 0 saturated carbocycles. The van der Waals surface area contributed by atoms with Crippen LogP contribution < -0.4 is 10.6 Å². The van der Waals surface area contributed by atoms with Crippen LogP contribution in [-0.4, -0.2) is 54.1 Å². The van der Waals surface area contributed by atoms with Crippen LogP contribution in [0.5, 0.6) is 0 Å². The number of rotatable bonds is 7.